The molecule has 0 aliphatic rings. The number of hydrogen-bond donors (Lipinski definition) is 2. The van der Waals surface area contributed by atoms with Gasteiger partial charge in [-0.3, -0.25) is 4.79 Å². The lowest BCUT2D eigenvalue weighted by molar-refractivity contribution is 0.0868. The number of aliphatic hydroxyl groups is 1. The van der Waals surface area contributed by atoms with E-state index in [9.17, 15) is 4.79 Å². The molecule has 16 heavy (non-hydrogen) atoms. The summed E-state index contributed by atoms with van der Waals surface area (Å²) in [6, 6.07) is 5.58. The van der Waals surface area contributed by atoms with Crippen LogP contribution in [0, 0.1) is 6.92 Å². The van der Waals surface area contributed by atoms with Crippen molar-refractivity contribution in [2.45, 2.75) is 26.3 Å². The maximum absolute atomic E-state index is 11.9. The van der Waals surface area contributed by atoms with E-state index in [0.717, 1.165) is 10.0 Å². The quantitative estimate of drug-likeness (QED) is 0.895. The minimum Gasteiger partial charge on any atom is -0.394 e. The van der Waals surface area contributed by atoms with Gasteiger partial charge in [-0.2, -0.15) is 0 Å². The Morgan fingerprint density at radius 2 is 2.12 bits per heavy atom. The van der Waals surface area contributed by atoms with Crippen molar-refractivity contribution in [2.24, 2.45) is 0 Å². The maximum Gasteiger partial charge on any atom is 0.252 e. The Hall–Kier alpha value is -0.870. The van der Waals surface area contributed by atoms with Gasteiger partial charge in [-0.15, -0.1) is 0 Å². The van der Waals surface area contributed by atoms with E-state index >= 15 is 0 Å². The average molecular weight is 286 g/mol. The van der Waals surface area contributed by atoms with Crippen LogP contribution >= 0.6 is 15.9 Å². The molecule has 0 bridgehead atoms. The van der Waals surface area contributed by atoms with E-state index in [1.54, 1.807) is 13.8 Å². The van der Waals surface area contributed by atoms with Crippen LogP contribution in [0.25, 0.3) is 0 Å². The Bertz CT molecular complexity index is 402. The summed E-state index contributed by atoms with van der Waals surface area (Å²) in [6.45, 7) is 5.38. The highest BCUT2D eigenvalue weighted by atomic mass is 79.9. The van der Waals surface area contributed by atoms with Crippen molar-refractivity contribution in [1.82, 2.24) is 5.32 Å². The molecule has 0 fully saturated rings. The molecule has 1 rings (SSSR count). The number of halogens is 1. The van der Waals surface area contributed by atoms with E-state index in [-0.39, 0.29) is 12.5 Å². The molecule has 1 amide bonds. The maximum atomic E-state index is 11.9. The SMILES string of the molecule is Cc1ccc(Br)c(C(=O)NC(C)(C)CO)c1. The smallest absolute Gasteiger partial charge is 0.252 e. The molecule has 0 spiro atoms. The summed E-state index contributed by atoms with van der Waals surface area (Å²) in [5.74, 6) is -0.186. The zero-order valence-electron chi connectivity index (χ0n) is 9.67. The molecule has 3 nitrogen and oxygen atoms in total. The van der Waals surface area contributed by atoms with Crippen molar-refractivity contribution in [3.8, 4) is 0 Å². The number of nitrogens with one attached hydrogen (secondary N) is 1. The Labute approximate surface area is 104 Å². The summed E-state index contributed by atoms with van der Waals surface area (Å²) in [5.41, 5.74) is 0.997. The summed E-state index contributed by atoms with van der Waals surface area (Å²) >= 11 is 3.34. The standard InChI is InChI=1S/C12H16BrNO2/c1-8-4-5-10(13)9(6-8)11(16)14-12(2,3)7-15/h4-6,15H,7H2,1-3H3,(H,14,16). The minimum absolute atomic E-state index is 0.0951. The highest BCUT2D eigenvalue weighted by molar-refractivity contribution is 9.10. The van der Waals surface area contributed by atoms with Crippen LogP contribution in [-0.4, -0.2) is 23.2 Å². The van der Waals surface area contributed by atoms with Crippen molar-refractivity contribution < 1.29 is 9.90 Å². The van der Waals surface area contributed by atoms with Crippen LogP contribution < -0.4 is 5.32 Å². The number of aryl methyl sites for hydroxylation is 1. The van der Waals surface area contributed by atoms with Crippen molar-refractivity contribution in [3.05, 3.63) is 33.8 Å². The molecule has 0 atom stereocenters. The Balaban J connectivity index is 2.93. The first-order chi connectivity index (χ1) is 7.35. The van der Waals surface area contributed by atoms with Gasteiger partial charge in [-0.1, -0.05) is 11.6 Å². The zero-order valence-corrected chi connectivity index (χ0v) is 11.3. The molecule has 88 valence electrons. The van der Waals surface area contributed by atoms with Crippen LogP contribution in [0.2, 0.25) is 0 Å². The molecule has 0 aliphatic heterocycles. The second-order valence-corrected chi connectivity index (χ2v) is 5.33. The lowest BCUT2D eigenvalue weighted by Gasteiger charge is -2.23. The van der Waals surface area contributed by atoms with E-state index in [1.165, 1.54) is 0 Å². The third-order valence-corrected chi connectivity index (χ3v) is 2.91. The van der Waals surface area contributed by atoms with Crippen LogP contribution in [0.4, 0.5) is 0 Å². The van der Waals surface area contributed by atoms with Gasteiger partial charge in [-0.05, 0) is 48.8 Å². The van der Waals surface area contributed by atoms with E-state index in [2.05, 4.69) is 21.2 Å². The van der Waals surface area contributed by atoms with Crippen LogP contribution in [0.5, 0.6) is 0 Å². The minimum atomic E-state index is -0.611. The zero-order chi connectivity index (χ0) is 12.3. The number of benzene rings is 1. The number of carbonyl (C=O) groups excluding carboxylic acids is 1. The average Bonchev–Trinajstić information content (AvgIpc) is 2.21. The predicted molar refractivity (Wildman–Crippen MR) is 67.5 cm³/mol. The van der Waals surface area contributed by atoms with Gasteiger partial charge < -0.3 is 10.4 Å². The first-order valence-corrected chi connectivity index (χ1v) is 5.84. The molecule has 0 radical (unpaired) electrons. The van der Waals surface area contributed by atoms with Gasteiger partial charge in [0.05, 0.1) is 17.7 Å². The number of amides is 1. The molecule has 4 heteroatoms. The van der Waals surface area contributed by atoms with Gasteiger partial charge in [0.1, 0.15) is 0 Å². The lowest BCUT2D eigenvalue weighted by atomic mass is 10.1. The third kappa shape index (κ3) is 3.32. The Kier molecular flexibility index (Phi) is 4.10. The number of aliphatic hydroxyl groups excluding tert-OH is 1. The lowest BCUT2D eigenvalue weighted by Crippen LogP contribution is -2.46. The van der Waals surface area contributed by atoms with Gasteiger partial charge in [0, 0.05) is 4.47 Å². The van der Waals surface area contributed by atoms with Crippen LogP contribution in [0.1, 0.15) is 29.8 Å². The highest BCUT2D eigenvalue weighted by Gasteiger charge is 2.21. The molecule has 1 aromatic rings. The fourth-order valence-electron chi connectivity index (χ4n) is 1.23. The summed E-state index contributed by atoms with van der Waals surface area (Å²) in [5, 5.41) is 11.9. The van der Waals surface area contributed by atoms with Crippen LogP contribution in [-0.2, 0) is 0 Å². The number of carbonyl (C=O) groups is 1. The van der Waals surface area contributed by atoms with E-state index < -0.39 is 5.54 Å². The molecule has 1 aromatic carbocycles. The van der Waals surface area contributed by atoms with Gasteiger partial charge in [-0.25, -0.2) is 0 Å². The topological polar surface area (TPSA) is 49.3 Å². The van der Waals surface area contributed by atoms with Crippen molar-refractivity contribution in [3.63, 3.8) is 0 Å². The number of hydrogen-bond acceptors (Lipinski definition) is 2. The van der Waals surface area contributed by atoms with Crippen molar-refractivity contribution >= 4 is 21.8 Å². The molecule has 0 heterocycles. The fraction of sp³-hybridized carbons (Fsp3) is 0.417. The second kappa shape index (κ2) is 4.97. The Morgan fingerprint density at radius 1 is 1.50 bits per heavy atom. The largest absolute Gasteiger partial charge is 0.394 e. The summed E-state index contributed by atoms with van der Waals surface area (Å²) < 4.78 is 0.754. The van der Waals surface area contributed by atoms with Gasteiger partial charge in [0.25, 0.3) is 5.91 Å². The first-order valence-electron chi connectivity index (χ1n) is 5.05. The molecular weight excluding hydrogens is 270 g/mol. The summed E-state index contributed by atoms with van der Waals surface area (Å²) in [6.07, 6.45) is 0. The van der Waals surface area contributed by atoms with Crippen LogP contribution in [0.3, 0.4) is 0 Å². The van der Waals surface area contributed by atoms with E-state index in [4.69, 9.17) is 5.11 Å². The molecule has 2 N–H and O–H groups in total. The molecule has 0 saturated heterocycles. The van der Waals surface area contributed by atoms with Gasteiger partial charge >= 0.3 is 0 Å². The molecule has 0 aromatic heterocycles. The first kappa shape index (κ1) is 13.2. The molecule has 0 saturated carbocycles. The van der Waals surface area contributed by atoms with Crippen molar-refractivity contribution in [2.75, 3.05) is 6.61 Å². The van der Waals surface area contributed by atoms with Gasteiger partial charge in [0.2, 0.25) is 0 Å². The van der Waals surface area contributed by atoms with Crippen LogP contribution in [0.15, 0.2) is 22.7 Å². The molecular formula is C12H16BrNO2. The summed E-state index contributed by atoms with van der Waals surface area (Å²) in [7, 11) is 0. The highest BCUT2D eigenvalue weighted by Crippen LogP contribution is 2.18. The second-order valence-electron chi connectivity index (χ2n) is 4.48. The monoisotopic (exact) mass is 285 g/mol. The summed E-state index contributed by atoms with van der Waals surface area (Å²) in [4.78, 5) is 11.9. The van der Waals surface area contributed by atoms with E-state index in [0.29, 0.717) is 5.56 Å². The normalized spacial score (nSPS) is 11.3. The van der Waals surface area contributed by atoms with Crippen molar-refractivity contribution in [1.29, 1.82) is 0 Å². The fourth-order valence-corrected chi connectivity index (χ4v) is 1.65. The Morgan fingerprint density at radius 3 is 2.69 bits per heavy atom. The van der Waals surface area contributed by atoms with Gasteiger partial charge in [0.15, 0.2) is 0 Å². The third-order valence-electron chi connectivity index (χ3n) is 2.21. The predicted octanol–water partition coefficient (Wildman–Crippen LogP) is 2.26. The molecule has 0 aliphatic carbocycles. The molecule has 0 unspecified atom stereocenters. The number of rotatable bonds is 3. The van der Waals surface area contributed by atoms with E-state index in [1.807, 2.05) is 25.1 Å².